The van der Waals surface area contributed by atoms with E-state index in [1.165, 1.54) is 5.56 Å². The monoisotopic (exact) mass is 410 g/mol. The van der Waals surface area contributed by atoms with Crippen LogP contribution >= 0.6 is 0 Å². The summed E-state index contributed by atoms with van der Waals surface area (Å²) in [4.78, 5) is 18.6. The fourth-order valence-corrected chi connectivity index (χ4v) is 4.23. The molecule has 0 spiro atoms. The number of hydrogen-bond acceptors (Lipinski definition) is 6. The number of nitrogens with zero attached hydrogens (tertiary/aromatic N) is 5. The number of fused-ring (bicyclic) bond motifs is 1. The van der Waals surface area contributed by atoms with Gasteiger partial charge in [0, 0.05) is 18.2 Å². The van der Waals surface area contributed by atoms with E-state index in [0.717, 1.165) is 42.4 Å². The molecule has 0 aliphatic carbocycles. The van der Waals surface area contributed by atoms with E-state index in [2.05, 4.69) is 52.2 Å². The lowest BCUT2D eigenvalue weighted by Crippen LogP contribution is -2.40. The molecule has 1 N–H and O–H groups in total. The van der Waals surface area contributed by atoms with Gasteiger partial charge in [-0.3, -0.25) is 9.69 Å². The van der Waals surface area contributed by atoms with E-state index >= 15 is 0 Å². The predicted molar refractivity (Wildman–Crippen MR) is 116 cm³/mol. The molecule has 8 nitrogen and oxygen atoms in total. The number of pyridine rings is 1. The number of methoxy groups -OCH3 is 1. The maximum atomic E-state index is 13.2. The van der Waals surface area contributed by atoms with Gasteiger partial charge in [-0.05, 0) is 90.8 Å². The largest absolute Gasteiger partial charge is 0.383 e. The zero-order valence-corrected chi connectivity index (χ0v) is 18.2. The number of aromatic nitrogens is 5. The van der Waals surface area contributed by atoms with Crippen LogP contribution in [0.2, 0.25) is 0 Å². The van der Waals surface area contributed by atoms with Crippen LogP contribution < -0.4 is 5.56 Å². The summed E-state index contributed by atoms with van der Waals surface area (Å²) >= 11 is 0. The number of benzene rings is 1. The van der Waals surface area contributed by atoms with Gasteiger partial charge in [-0.1, -0.05) is 6.92 Å². The molecule has 3 heterocycles. The number of H-pyrrole nitrogens is 1. The molecule has 0 unspecified atom stereocenters. The summed E-state index contributed by atoms with van der Waals surface area (Å²) < 4.78 is 6.98. The van der Waals surface area contributed by atoms with E-state index in [1.807, 2.05) is 12.1 Å². The Hall–Kier alpha value is -2.58. The highest BCUT2D eigenvalue weighted by molar-refractivity contribution is 5.81. The molecule has 2 aromatic heterocycles. The molecule has 1 atom stereocenters. The third-order valence-electron chi connectivity index (χ3n) is 6.28. The summed E-state index contributed by atoms with van der Waals surface area (Å²) in [6.45, 7) is 9.30. The quantitative estimate of drug-likeness (QED) is 0.672. The third-order valence-corrected chi connectivity index (χ3v) is 6.28. The smallest absolute Gasteiger partial charge is 0.253 e. The van der Waals surface area contributed by atoms with Gasteiger partial charge in [0.15, 0.2) is 5.82 Å². The zero-order chi connectivity index (χ0) is 21.3. The normalized spacial score (nSPS) is 16.9. The van der Waals surface area contributed by atoms with Gasteiger partial charge in [-0.25, -0.2) is 4.68 Å². The first-order valence-electron chi connectivity index (χ1n) is 10.6. The molecule has 30 heavy (non-hydrogen) atoms. The number of nitrogens with one attached hydrogen (secondary N) is 1. The molecule has 0 bridgehead atoms. The van der Waals surface area contributed by atoms with Crippen LogP contribution in [0.15, 0.2) is 23.0 Å². The van der Waals surface area contributed by atoms with Crippen molar-refractivity contribution in [3.63, 3.8) is 0 Å². The van der Waals surface area contributed by atoms with Gasteiger partial charge in [0.25, 0.3) is 5.56 Å². The van der Waals surface area contributed by atoms with Crippen molar-refractivity contribution in [2.45, 2.75) is 46.2 Å². The molecule has 1 aliphatic heterocycles. The highest BCUT2D eigenvalue weighted by atomic mass is 16.5. The molecule has 0 saturated carbocycles. The number of piperidine rings is 1. The molecule has 1 saturated heterocycles. The summed E-state index contributed by atoms with van der Waals surface area (Å²) in [7, 11) is 1.66. The van der Waals surface area contributed by atoms with Crippen LogP contribution in [0, 0.1) is 19.8 Å². The van der Waals surface area contributed by atoms with Crippen LogP contribution in [-0.4, -0.2) is 56.9 Å². The SMILES string of the molecule is COCCn1nnnc1[C@H](c1cc2cc(C)c(C)cc2[nH]c1=O)N1CCC(C)CC1. The molecule has 0 radical (unpaired) electrons. The number of rotatable bonds is 6. The summed E-state index contributed by atoms with van der Waals surface area (Å²) in [6, 6.07) is 5.89. The van der Waals surface area contributed by atoms with Crippen molar-refractivity contribution in [1.29, 1.82) is 0 Å². The van der Waals surface area contributed by atoms with Gasteiger partial charge in [0.2, 0.25) is 0 Å². The van der Waals surface area contributed by atoms with Crippen molar-refractivity contribution >= 4 is 10.9 Å². The number of ether oxygens (including phenoxy) is 1. The minimum atomic E-state index is -0.292. The van der Waals surface area contributed by atoms with Crippen LogP contribution in [0.4, 0.5) is 0 Å². The Morgan fingerprint density at radius 3 is 2.67 bits per heavy atom. The Balaban J connectivity index is 1.84. The average Bonchev–Trinajstić information content (AvgIpc) is 3.18. The fourth-order valence-electron chi connectivity index (χ4n) is 4.23. The number of tetrazole rings is 1. The molecule has 4 rings (SSSR count). The highest BCUT2D eigenvalue weighted by Gasteiger charge is 2.32. The Morgan fingerprint density at radius 2 is 1.93 bits per heavy atom. The third kappa shape index (κ3) is 4.02. The summed E-state index contributed by atoms with van der Waals surface area (Å²) in [6.07, 6.45) is 2.19. The minimum Gasteiger partial charge on any atom is -0.383 e. The molecule has 0 amide bonds. The van der Waals surface area contributed by atoms with Crippen LogP contribution in [0.1, 0.15) is 48.3 Å². The fraction of sp³-hybridized carbons (Fsp3) is 0.545. The summed E-state index contributed by atoms with van der Waals surface area (Å²) in [5.41, 5.74) is 3.83. The van der Waals surface area contributed by atoms with E-state index in [0.29, 0.717) is 30.5 Å². The Kier molecular flexibility index (Phi) is 5.97. The Bertz CT molecular complexity index is 1080. The topological polar surface area (TPSA) is 88.9 Å². The van der Waals surface area contributed by atoms with Crippen LogP contribution in [0.25, 0.3) is 10.9 Å². The van der Waals surface area contributed by atoms with Crippen LogP contribution in [-0.2, 0) is 11.3 Å². The van der Waals surface area contributed by atoms with Crippen molar-refractivity contribution in [3.8, 4) is 0 Å². The molecule has 3 aromatic rings. The van der Waals surface area contributed by atoms with E-state index in [-0.39, 0.29) is 11.6 Å². The highest BCUT2D eigenvalue weighted by Crippen LogP contribution is 2.31. The van der Waals surface area contributed by atoms with Gasteiger partial charge < -0.3 is 9.72 Å². The average molecular weight is 411 g/mol. The van der Waals surface area contributed by atoms with Gasteiger partial charge in [-0.15, -0.1) is 5.10 Å². The summed E-state index contributed by atoms with van der Waals surface area (Å²) in [5, 5.41) is 13.5. The molecule has 1 fully saturated rings. The number of likely N-dealkylation sites (tertiary alicyclic amines) is 1. The second-order valence-corrected chi connectivity index (χ2v) is 8.45. The molecule has 1 aliphatic rings. The second-order valence-electron chi connectivity index (χ2n) is 8.45. The Morgan fingerprint density at radius 1 is 1.20 bits per heavy atom. The standard InChI is InChI=1S/C22H30N6O2/c1-14-5-7-27(8-6-14)20(21-24-25-26-28(21)9-10-30-4)18-13-17-11-15(2)16(3)12-19(17)23-22(18)29/h11-14,20H,5-10H2,1-4H3,(H,23,29)/t20-/m0/s1. The zero-order valence-electron chi connectivity index (χ0n) is 18.2. The molecular weight excluding hydrogens is 380 g/mol. The summed E-state index contributed by atoms with van der Waals surface area (Å²) in [5.74, 6) is 1.38. The lowest BCUT2D eigenvalue weighted by atomic mass is 9.95. The van der Waals surface area contributed by atoms with Gasteiger partial charge in [-0.2, -0.15) is 0 Å². The van der Waals surface area contributed by atoms with Crippen molar-refractivity contribution in [2.24, 2.45) is 5.92 Å². The molecule has 1 aromatic carbocycles. The maximum Gasteiger partial charge on any atom is 0.253 e. The number of hydrogen-bond donors (Lipinski definition) is 1. The van der Waals surface area contributed by atoms with Gasteiger partial charge in [0.1, 0.15) is 6.04 Å². The molecule has 160 valence electrons. The van der Waals surface area contributed by atoms with E-state index in [4.69, 9.17) is 4.74 Å². The van der Waals surface area contributed by atoms with E-state index < -0.39 is 0 Å². The maximum absolute atomic E-state index is 13.2. The molecule has 8 heteroatoms. The first-order valence-corrected chi connectivity index (χ1v) is 10.6. The van der Waals surface area contributed by atoms with Crippen molar-refractivity contribution in [1.82, 2.24) is 30.1 Å². The van der Waals surface area contributed by atoms with Crippen LogP contribution in [0.3, 0.4) is 0 Å². The lowest BCUT2D eigenvalue weighted by Gasteiger charge is -2.35. The number of aryl methyl sites for hydroxylation is 2. The van der Waals surface area contributed by atoms with Crippen LogP contribution in [0.5, 0.6) is 0 Å². The van der Waals surface area contributed by atoms with Crippen molar-refractivity contribution in [3.05, 3.63) is 51.1 Å². The molecular formula is C22H30N6O2. The minimum absolute atomic E-state index is 0.0873. The number of aromatic amines is 1. The lowest BCUT2D eigenvalue weighted by molar-refractivity contribution is 0.144. The first-order chi connectivity index (χ1) is 14.5. The van der Waals surface area contributed by atoms with Gasteiger partial charge in [0.05, 0.1) is 13.2 Å². The first kappa shape index (κ1) is 20.7. The van der Waals surface area contributed by atoms with E-state index in [1.54, 1.807) is 11.8 Å². The predicted octanol–water partition coefficient (Wildman–Crippen LogP) is 2.60. The Labute approximate surface area is 176 Å². The van der Waals surface area contributed by atoms with Crippen molar-refractivity contribution in [2.75, 3.05) is 26.8 Å². The van der Waals surface area contributed by atoms with Gasteiger partial charge >= 0.3 is 0 Å². The van der Waals surface area contributed by atoms with E-state index in [9.17, 15) is 4.79 Å². The van der Waals surface area contributed by atoms with Crippen molar-refractivity contribution < 1.29 is 4.74 Å². The second kappa shape index (κ2) is 8.65.